The van der Waals surface area contributed by atoms with Crippen LogP contribution in [0.3, 0.4) is 0 Å². The molecule has 0 unspecified atom stereocenters. The van der Waals surface area contributed by atoms with Gasteiger partial charge >= 0.3 is 6.18 Å². The van der Waals surface area contributed by atoms with E-state index in [0.29, 0.717) is 29.9 Å². The molecule has 1 atom stereocenters. The fraction of sp³-hybridized carbons (Fsp3) is 0.448. The van der Waals surface area contributed by atoms with Crippen LogP contribution in [0.5, 0.6) is 0 Å². The zero-order chi connectivity index (χ0) is 27.5. The highest BCUT2D eigenvalue weighted by Crippen LogP contribution is 2.43. The van der Waals surface area contributed by atoms with Gasteiger partial charge in [-0.05, 0) is 73.1 Å². The van der Waals surface area contributed by atoms with E-state index in [1.54, 1.807) is 24.5 Å². The third-order valence-electron chi connectivity index (χ3n) is 8.60. The van der Waals surface area contributed by atoms with Crippen LogP contribution in [0.4, 0.5) is 18.9 Å². The maximum Gasteiger partial charge on any atom is 0.416 e. The molecule has 1 aromatic heterocycles. The predicted molar refractivity (Wildman–Crippen MR) is 138 cm³/mol. The number of ketones is 1. The molecule has 0 bridgehead atoms. The van der Waals surface area contributed by atoms with Crippen LogP contribution in [-0.4, -0.2) is 32.0 Å². The van der Waals surface area contributed by atoms with Crippen molar-refractivity contribution in [2.24, 2.45) is 13.0 Å². The molecule has 204 valence electrons. The largest absolute Gasteiger partial charge is 0.416 e. The number of nitrogens with zero attached hydrogens (tertiary/aromatic N) is 4. The number of hydrogen-bond acceptors (Lipinski definition) is 5. The highest BCUT2D eigenvalue weighted by Gasteiger charge is 2.42. The Labute approximate surface area is 224 Å². The molecule has 0 spiro atoms. The molecule has 6 rings (SSSR count). The van der Waals surface area contributed by atoms with Gasteiger partial charge in [0.15, 0.2) is 0 Å². The van der Waals surface area contributed by atoms with Gasteiger partial charge in [-0.15, -0.1) is 10.2 Å². The van der Waals surface area contributed by atoms with Gasteiger partial charge in [0.1, 0.15) is 17.9 Å². The molecule has 0 saturated heterocycles. The number of Topliss-reactive ketones (excluding diaryl/α,β-unsaturated/α-hetero) is 1. The molecular formula is C29H30F3N5O2. The summed E-state index contributed by atoms with van der Waals surface area (Å²) in [5.74, 6) is 0.276. The molecule has 7 nitrogen and oxygen atoms in total. The zero-order valence-corrected chi connectivity index (χ0v) is 21.9. The van der Waals surface area contributed by atoms with Crippen LogP contribution >= 0.6 is 0 Å². The molecule has 3 aliphatic rings. The summed E-state index contributed by atoms with van der Waals surface area (Å²) in [6.07, 6.45) is 0.953. The Balaban J connectivity index is 1.33. The number of rotatable bonds is 7. The molecule has 2 heterocycles. The Kier molecular flexibility index (Phi) is 6.13. The van der Waals surface area contributed by atoms with E-state index in [4.69, 9.17) is 0 Å². The first-order valence-corrected chi connectivity index (χ1v) is 13.3. The second-order valence-electron chi connectivity index (χ2n) is 11.4. The van der Waals surface area contributed by atoms with Crippen molar-refractivity contribution in [3.05, 3.63) is 76.4 Å². The van der Waals surface area contributed by atoms with Crippen molar-refractivity contribution in [1.29, 1.82) is 0 Å². The summed E-state index contributed by atoms with van der Waals surface area (Å²) in [6.45, 7) is 2.19. The van der Waals surface area contributed by atoms with Gasteiger partial charge in [0.2, 0.25) is 0 Å². The Morgan fingerprint density at radius 3 is 2.54 bits per heavy atom. The molecule has 10 heteroatoms. The van der Waals surface area contributed by atoms with Gasteiger partial charge in [-0.25, -0.2) is 0 Å². The van der Waals surface area contributed by atoms with Crippen molar-refractivity contribution >= 4 is 17.4 Å². The molecule has 2 saturated carbocycles. The summed E-state index contributed by atoms with van der Waals surface area (Å²) in [5, 5.41) is 11.6. The molecule has 1 aliphatic heterocycles. The van der Waals surface area contributed by atoms with E-state index in [0.717, 1.165) is 24.8 Å². The van der Waals surface area contributed by atoms with E-state index in [-0.39, 0.29) is 47.4 Å². The number of nitrogens with one attached hydrogen (secondary N) is 1. The van der Waals surface area contributed by atoms with E-state index >= 15 is 0 Å². The summed E-state index contributed by atoms with van der Waals surface area (Å²) in [6, 6.07) is 10.1. The molecule has 1 N–H and O–H groups in total. The number of benzene rings is 2. The first-order chi connectivity index (χ1) is 18.5. The van der Waals surface area contributed by atoms with Crippen LogP contribution in [-0.2, 0) is 31.1 Å². The molecule has 3 aromatic rings. The second kappa shape index (κ2) is 9.29. The standard InChI is InChI=1S/C29H30F3N5O2/c1-28(7-4-8-28)33-14-17-9-22-23(24(10-17)29(30,31)32)15-37(27(22)39)20-6-3-5-18(11-20)25(19-12-21(38)13-19)26-35-34-16-36(26)2/h3,5-6,9-11,16,19,25,33H,4,7-8,12-15H2,1-2H3/t25-/m0/s1. The van der Waals surface area contributed by atoms with Crippen molar-refractivity contribution in [2.45, 2.75) is 69.8 Å². The lowest BCUT2D eigenvalue weighted by molar-refractivity contribution is -0.138. The van der Waals surface area contributed by atoms with E-state index in [1.165, 1.54) is 11.0 Å². The van der Waals surface area contributed by atoms with Gasteiger partial charge in [0.25, 0.3) is 5.91 Å². The van der Waals surface area contributed by atoms with Crippen LogP contribution in [0.15, 0.2) is 42.7 Å². The number of aryl methyl sites for hydroxylation is 1. The van der Waals surface area contributed by atoms with E-state index < -0.39 is 17.6 Å². The highest BCUT2D eigenvalue weighted by atomic mass is 19.4. The van der Waals surface area contributed by atoms with Gasteiger partial charge in [-0.3, -0.25) is 9.59 Å². The summed E-state index contributed by atoms with van der Waals surface area (Å²) < 4.78 is 44.3. The zero-order valence-electron chi connectivity index (χ0n) is 21.9. The number of amides is 1. The number of aromatic nitrogens is 3. The first kappa shape index (κ1) is 25.7. The smallest absolute Gasteiger partial charge is 0.320 e. The minimum atomic E-state index is -4.58. The number of hydrogen-bond donors (Lipinski definition) is 1. The lowest BCUT2D eigenvalue weighted by Gasteiger charge is -2.39. The molecule has 2 aromatic carbocycles. The Morgan fingerprint density at radius 1 is 1.15 bits per heavy atom. The second-order valence-corrected chi connectivity index (χ2v) is 11.4. The van der Waals surface area contributed by atoms with Crippen LogP contribution in [0.25, 0.3) is 0 Å². The van der Waals surface area contributed by atoms with Gasteiger partial charge in [-0.2, -0.15) is 13.2 Å². The quantitative estimate of drug-likeness (QED) is 0.452. The normalized spacial score (nSPS) is 19.6. The number of halogens is 3. The van der Waals surface area contributed by atoms with Crippen molar-refractivity contribution in [1.82, 2.24) is 20.1 Å². The third kappa shape index (κ3) is 4.64. The Hall–Kier alpha value is -3.53. The number of carbonyl (C=O) groups excluding carboxylic acids is 2. The van der Waals surface area contributed by atoms with Gasteiger partial charge in [-0.1, -0.05) is 12.1 Å². The van der Waals surface area contributed by atoms with Gasteiger partial charge < -0.3 is 14.8 Å². The van der Waals surface area contributed by atoms with E-state index in [2.05, 4.69) is 22.4 Å². The number of anilines is 1. The summed E-state index contributed by atoms with van der Waals surface area (Å²) in [5.41, 5.74) is 1.09. The summed E-state index contributed by atoms with van der Waals surface area (Å²) in [7, 11) is 1.84. The maximum absolute atomic E-state index is 14.2. The highest BCUT2D eigenvalue weighted by molar-refractivity contribution is 6.10. The SMILES string of the molecule is Cn1cnnc1[C@@H](c1cccc(N2Cc3c(cc(CNC4(C)CCC4)cc3C(F)(F)F)C2=O)c1)C1CC(=O)C1. The monoisotopic (exact) mass is 537 g/mol. The minimum absolute atomic E-state index is 0.00551. The summed E-state index contributed by atoms with van der Waals surface area (Å²) >= 11 is 0. The fourth-order valence-electron chi connectivity index (χ4n) is 6.08. The maximum atomic E-state index is 14.2. The first-order valence-electron chi connectivity index (χ1n) is 13.3. The minimum Gasteiger partial charge on any atom is -0.320 e. The van der Waals surface area contributed by atoms with Crippen LogP contribution < -0.4 is 10.2 Å². The Morgan fingerprint density at radius 2 is 1.92 bits per heavy atom. The number of alkyl halides is 3. The third-order valence-corrected chi connectivity index (χ3v) is 8.60. The van der Waals surface area contributed by atoms with Crippen LogP contribution in [0.2, 0.25) is 0 Å². The van der Waals surface area contributed by atoms with Crippen molar-refractivity contribution in [3.8, 4) is 0 Å². The van der Waals surface area contributed by atoms with E-state index in [9.17, 15) is 22.8 Å². The molecule has 1 amide bonds. The Bertz CT molecular complexity index is 1450. The lowest BCUT2D eigenvalue weighted by Crippen LogP contribution is -2.47. The molecule has 39 heavy (non-hydrogen) atoms. The summed E-state index contributed by atoms with van der Waals surface area (Å²) in [4.78, 5) is 26.8. The predicted octanol–water partition coefficient (Wildman–Crippen LogP) is 5.14. The number of fused-ring (bicyclic) bond motifs is 1. The average molecular weight is 538 g/mol. The van der Waals surface area contributed by atoms with E-state index in [1.807, 2.05) is 23.7 Å². The number of carbonyl (C=O) groups is 2. The average Bonchev–Trinajstić information content (AvgIpc) is 3.43. The fourth-order valence-corrected chi connectivity index (χ4v) is 6.08. The topological polar surface area (TPSA) is 80.1 Å². The van der Waals surface area contributed by atoms with Crippen molar-refractivity contribution in [2.75, 3.05) is 4.90 Å². The van der Waals surface area contributed by atoms with Crippen molar-refractivity contribution in [3.63, 3.8) is 0 Å². The van der Waals surface area contributed by atoms with Crippen LogP contribution in [0, 0.1) is 5.92 Å². The molecule has 0 radical (unpaired) electrons. The van der Waals surface area contributed by atoms with Gasteiger partial charge in [0, 0.05) is 49.1 Å². The molecule has 2 aliphatic carbocycles. The van der Waals surface area contributed by atoms with Crippen molar-refractivity contribution < 1.29 is 22.8 Å². The van der Waals surface area contributed by atoms with Crippen LogP contribution in [0.1, 0.15) is 83.4 Å². The lowest BCUT2D eigenvalue weighted by atomic mass is 9.71. The molecular weight excluding hydrogens is 507 g/mol. The van der Waals surface area contributed by atoms with Gasteiger partial charge in [0.05, 0.1) is 12.1 Å². The molecule has 2 fully saturated rings.